The van der Waals surface area contributed by atoms with Gasteiger partial charge in [0, 0.05) is 11.7 Å². The molecule has 1 aromatic heterocycles. The van der Waals surface area contributed by atoms with Gasteiger partial charge in [0.15, 0.2) is 0 Å². The fourth-order valence-corrected chi connectivity index (χ4v) is 1.79. The summed E-state index contributed by atoms with van der Waals surface area (Å²) in [6, 6.07) is 7.06. The van der Waals surface area contributed by atoms with Gasteiger partial charge in [0.25, 0.3) is 0 Å². The molecule has 3 N–H and O–H groups in total. The summed E-state index contributed by atoms with van der Waals surface area (Å²) in [5.74, 6) is -0.421. The fourth-order valence-electron chi connectivity index (χ4n) is 1.79. The molecule has 0 aliphatic heterocycles. The third kappa shape index (κ3) is 2.44. The maximum Gasteiger partial charge on any atom is 0.318 e. The first-order chi connectivity index (χ1) is 8.06. The number of carbonyl (C=O) groups is 2. The molecule has 0 fully saturated rings. The van der Waals surface area contributed by atoms with Crippen LogP contribution in [0.5, 0.6) is 0 Å². The minimum Gasteiger partial charge on any atom is -0.351 e. The van der Waals surface area contributed by atoms with E-state index in [1.807, 2.05) is 42.7 Å². The molecule has 0 radical (unpaired) electrons. The van der Waals surface area contributed by atoms with Crippen LogP contribution in [0.3, 0.4) is 0 Å². The molecule has 0 spiro atoms. The van der Waals surface area contributed by atoms with Crippen LogP contribution in [-0.4, -0.2) is 16.5 Å². The Morgan fingerprint density at radius 3 is 2.82 bits per heavy atom. The highest BCUT2D eigenvalue weighted by Gasteiger charge is 2.07. The Hall–Kier alpha value is -2.30. The number of urea groups is 1. The van der Waals surface area contributed by atoms with Crippen LogP contribution in [0.4, 0.5) is 4.79 Å². The fraction of sp³-hybridized carbons (Fsp3) is 0.167. The quantitative estimate of drug-likeness (QED) is 0.813. The topological polar surface area (TPSA) is 77.1 Å². The lowest BCUT2D eigenvalue weighted by Gasteiger charge is -2.04. The van der Waals surface area contributed by atoms with Crippen LogP contribution in [0.1, 0.15) is 5.56 Å². The minimum atomic E-state index is -0.831. The number of primary amides is 1. The molecule has 1 aromatic carbocycles. The predicted octanol–water partition coefficient (Wildman–Crippen LogP) is 1.14. The van der Waals surface area contributed by atoms with Crippen LogP contribution in [0.2, 0.25) is 0 Å². The predicted molar refractivity (Wildman–Crippen MR) is 64.4 cm³/mol. The zero-order valence-corrected chi connectivity index (χ0v) is 9.43. The highest BCUT2D eigenvalue weighted by Crippen LogP contribution is 2.17. The molecule has 0 bridgehead atoms. The lowest BCUT2D eigenvalue weighted by atomic mass is 10.2. The maximum absolute atomic E-state index is 11.4. The standard InChI is InChI=1S/C12H13N3O2/c1-8-2-3-10-9(6-8)4-5-15(10)7-11(16)14-12(13)17/h2-6H,7H2,1H3,(H3,13,14,16,17). The molecule has 0 aliphatic rings. The van der Waals surface area contributed by atoms with E-state index in [1.54, 1.807) is 4.57 Å². The van der Waals surface area contributed by atoms with Crippen LogP contribution in [0.25, 0.3) is 10.9 Å². The highest BCUT2D eigenvalue weighted by atomic mass is 16.2. The third-order valence-corrected chi connectivity index (χ3v) is 2.50. The Balaban J connectivity index is 2.25. The van der Waals surface area contributed by atoms with Crippen molar-refractivity contribution in [3.05, 3.63) is 36.0 Å². The lowest BCUT2D eigenvalue weighted by molar-refractivity contribution is -0.120. The molecule has 0 saturated carbocycles. The molecule has 5 heteroatoms. The Morgan fingerprint density at radius 1 is 1.35 bits per heavy atom. The number of fused-ring (bicyclic) bond motifs is 1. The summed E-state index contributed by atoms with van der Waals surface area (Å²) in [5, 5.41) is 3.10. The molecule has 88 valence electrons. The van der Waals surface area contributed by atoms with Crippen molar-refractivity contribution in [3.8, 4) is 0 Å². The molecule has 0 aliphatic carbocycles. The number of nitrogens with one attached hydrogen (secondary N) is 1. The van der Waals surface area contributed by atoms with Gasteiger partial charge in [0.2, 0.25) is 5.91 Å². The zero-order valence-electron chi connectivity index (χ0n) is 9.43. The van der Waals surface area contributed by atoms with Crippen molar-refractivity contribution in [3.63, 3.8) is 0 Å². The Kier molecular flexibility index (Phi) is 2.82. The van der Waals surface area contributed by atoms with E-state index < -0.39 is 11.9 Å². The van der Waals surface area contributed by atoms with E-state index in [-0.39, 0.29) is 6.54 Å². The Bertz CT molecular complexity index is 586. The van der Waals surface area contributed by atoms with Crippen molar-refractivity contribution in [2.24, 2.45) is 5.73 Å². The number of nitrogens with zero attached hydrogens (tertiary/aromatic N) is 1. The number of benzene rings is 1. The smallest absolute Gasteiger partial charge is 0.318 e. The number of rotatable bonds is 2. The summed E-state index contributed by atoms with van der Waals surface area (Å²) < 4.78 is 1.77. The van der Waals surface area contributed by atoms with Gasteiger partial charge in [-0.1, -0.05) is 11.6 Å². The van der Waals surface area contributed by atoms with Crippen molar-refractivity contribution in [2.75, 3.05) is 0 Å². The van der Waals surface area contributed by atoms with Gasteiger partial charge in [-0.05, 0) is 30.5 Å². The maximum atomic E-state index is 11.4. The van der Waals surface area contributed by atoms with E-state index >= 15 is 0 Å². The number of aromatic nitrogens is 1. The van der Waals surface area contributed by atoms with E-state index in [0.717, 1.165) is 16.5 Å². The zero-order chi connectivity index (χ0) is 12.4. The lowest BCUT2D eigenvalue weighted by Crippen LogP contribution is -2.37. The van der Waals surface area contributed by atoms with Crippen molar-refractivity contribution in [1.29, 1.82) is 0 Å². The highest BCUT2D eigenvalue weighted by molar-refractivity contribution is 5.94. The molecule has 17 heavy (non-hydrogen) atoms. The second-order valence-electron chi connectivity index (χ2n) is 3.92. The first-order valence-corrected chi connectivity index (χ1v) is 5.21. The molecular weight excluding hydrogens is 218 g/mol. The minimum absolute atomic E-state index is 0.0789. The monoisotopic (exact) mass is 231 g/mol. The molecule has 5 nitrogen and oxygen atoms in total. The molecular formula is C12H13N3O2. The Morgan fingerprint density at radius 2 is 2.12 bits per heavy atom. The summed E-state index contributed by atoms with van der Waals surface area (Å²) in [6.45, 7) is 2.09. The number of hydrogen-bond acceptors (Lipinski definition) is 2. The second kappa shape index (κ2) is 4.29. The van der Waals surface area contributed by atoms with Crippen LogP contribution >= 0.6 is 0 Å². The van der Waals surface area contributed by atoms with Gasteiger partial charge in [-0.2, -0.15) is 0 Å². The summed E-state index contributed by atoms with van der Waals surface area (Å²) in [4.78, 5) is 21.9. The first-order valence-electron chi connectivity index (χ1n) is 5.21. The summed E-state index contributed by atoms with van der Waals surface area (Å²) >= 11 is 0. The van der Waals surface area contributed by atoms with Gasteiger partial charge < -0.3 is 10.3 Å². The van der Waals surface area contributed by atoms with Crippen LogP contribution < -0.4 is 11.1 Å². The Labute approximate surface area is 98.2 Å². The molecule has 0 atom stereocenters. The van der Waals surface area contributed by atoms with Crippen LogP contribution in [0.15, 0.2) is 30.5 Å². The second-order valence-corrected chi connectivity index (χ2v) is 3.92. The number of amides is 3. The number of imide groups is 1. The molecule has 3 amide bonds. The molecule has 0 unspecified atom stereocenters. The average molecular weight is 231 g/mol. The van der Waals surface area contributed by atoms with E-state index in [4.69, 9.17) is 5.73 Å². The van der Waals surface area contributed by atoms with E-state index in [9.17, 15) is 9.59 Å². The van der Waals surface area contributed by atoms with Gasteiger partial charge in [-0.3, -0.25) is 10.1 Å². The van der Waals surface area contributed by atoms with Gasteiger partial charge in [-0.25, -0.2) is 4.79 Å². The van der Waals surface area contributed by atoms with Gasteiger partial charge in [0.05, 0.1) is 0 Å². The summed E-state index contributed by atoms with van der Waals surface area (Å²) in [6.07, 6.45) is 1.81. The number of hydrogen-bond donors (Lipinski definition) is 2. The van der Waals surface area contributed by atoms with Crippen LogP contribution in [0, 0.1) is 6.92 Å². The largest absolute Gasteiger partial charge is 0.351 e. The third-order valence-electron chi connectivity index (χ3n) is 2.50. The van der Waals surface area contributed by atoms with Gasteiger partial charge in [-0.15, -0.1) is 0 Å². The van der Waals surface area contributed by atoms with Crippen molar-refractivity contribution in [1.82, 2.24) is 9.88 Å². The molecule has 0 saturated heterocycles. The van der Waals surface area contributed by atoms with Crippen molar-refractivity contribution >= 4 is 22.8 Å². The van der Waals surface area contributed by atoms with Gasteiger partial charge in [0.1, 0.15) is 6.54 Å². The van der Waals surface area contributed by atoms with Crippen LogP contribution in [-0.2, 0) is 11.3 Å². The summed E-state index contributed by atoms with van der Waals surface area (Å²) in [5.41, 5.74) is 6.99. The molecule has 2 rings (SSSR count). The number of aryl methyl sites for hydroxylation is 1. The average Bonchev–Trinajstić information content (AvgIpc) is 2.59. The summed E-state index contributed by atoms with van der Waals surface area (Å²) in [7, 11) is 0. The molecule has 2 aromatic rings. The van der Waals surface area contributed by atoms with Crippen molar-refractivity contribution < 1.29 is 9.59 Å². The molecule has 1 heterocycles. The number of nitrogens with two attached hydrogens (primary N) is 1. The van der Waals surface area contributed by atoms with E-state index in [1.165, 1.54) is 0 Å². The first kappa shape index (κ1) is 11.2. The van der Waals surface area contributed by atoms with E-state index in [2.05, 4.69) is 0 Å². The SMILES string of the molecule is Cc1ccc2c(ccn2CC(=O)NC(N)=O)c1. The normalized spacial score (nSPS) is 10.4. The van der Waals surface area contributed by atoms with Crippen molar-refractivity contribution in [2.45, 2.75) is 13.5 Å². The van der Waals surface area contributed by atoms with E-state index in [0.29, 0.717) is 0 Å². The van der Waals surface area contributed by atoms with Gasteiger partial charge >= 0.3 is 6.03 Å². The number of carbonyl (C=O) groups excluding carboxylic acids is 2.